The van der Waals surface area contributed by atoms with E-state index in [9.17, 15) is 18.0 Å². The first-order chi connectivity index (χ1) is 15.2. The van der Waals surface area contributed by atoms with Crippen molar-refractivity contribution in [1.29, 1.82) is 0 Å². The van der Waals surface area contributed by atoms with Crippen molar-refractivity contribution in [2.45, 2.75) is 25.2 Å². The van der Waals surface area contributed by atoms with Crippen molar-refractivity contribution in [1.82, 2.24) is 4.31 Å². The summed E-state index contributed by atoms with van der Waals surface area (Å²) in [5.41, 5.74) is 0.978. The van der Waals surface area contributed by atoms with Gasteiger partial charge in [0.25, 0.3) is 0 Å². The first kappa shape index (κ1) is 24.0. The first-order valence-electron chi connectivity index (χ1n) is 10.3. The quantitative estimate of drug-likeness (QED) is 0.626. The second-order valence-corrected chi connectivity index (χ2v) is 9.70. The molecule has 1 atom stereocenters. The summed E-state index contributed by atoms with van der Waals surface area (Å²) in [6.45, 7) is 4.50. The molecule has 0 radical (unpaired) electrons. The summed E-state index contributed by atoms with van der Waals surface area (Å²) >= 11 is 6.01. The Labute approximate surface area is 193 Å². The number of benzene rings is 2. The summed E-state index contributed by atoms with van der Waals surface area (Å²) in [4.78, 5) is 27.0. The zero-order valence-electron chi connectivity index (χ0n) is 18.2. The number of ether oxygens (including phenoxy) is 1. The smallest absolute Gasteiger partial charge is 0.243 e. The number of amides is 2. The van der Waals surface area contributed by atoms with Crippen LogP contribution in [0.25, 0.3) is 0 Å². The fourth-order valence-corrected chi connectivity index (χ4v) is 5.29. The van der Waals surface area contributed by atoms with Gasteiger partial charge in [-0.2, -0.15) is 4.31 Å². The average molecular weight is 480 g/mol. The van der Waals surface area contributed by atoms with Crippen molar-refractivity contribution in [3.63, 3.8) is 0 Å². The number of methoxy groups -OCH3 is 1. The highest BCUT2D eigenvalue weighted by atomic mass is 35.5. The molecule has 1 aliphatic rings. The number of anilines is 2. The molecule has 0 aliphatic carbocycles. The summed E-state index contributed by atoms with van der Waals surface area (Å²) in [7, 11) is -2.09. The van der Waals surface area contributed by atoms with Gasteiger partial charge < -0.3 is 15.0 Å². The SMILES string of the molecule is CCN(CC)S(=O)(=O)c1ccc(N2C[C@H](C(=O)Nc3cc(Cl)ccc3OC)CC2=O)cc1. The Bertz CT molecular complexity index is 1100. The van der Waals surface area contributed by atoms with Crippen LogP contribution in [-0.4, -0.2) is 51.3 Å². The zero-order chi connectivity index (χ0) is 23.5. The van der Waals surface area contributed by atoms with E-state index in [-0.39, 0.29) is 29.7 Å². The maximum absolute atomic E-state index is 12.8. The van der Waals surface area contributed by atoms with Gasteiger partial charge >= 0.3 is 0 Å². The van der Waals surface area contributed by atoms with Crippen LogP contribution in [0.3, 0.4) is 0 Å². The lowest BCUT2D eigenvalue weighted by atomic mass is 10.1. The van der Waals surface area contributed by atoms with Crippen LogP contribution in [0.1, 0.15) is 20.3 Å². The van der Waals surface area contributed by atoms with E-state index in [1.54, 1.807) is 44.2 Å². The van der Waals surface area contributed by atoms with Crippen molar-refractivity contribution >= 4 is 44.8 Å². The molecular formula is C22H26ClN3O5S. The number of rotatable bonds is 8. The third kappa shape index (κ3) is 4.90. The van der Waals surface area contributed by atoms with Gasteiger partial charge in [-0.25, -0.2) is 8.42 Å². The largest absolute Gasteiger partial charge is 0.495 e. The molecule has 0 spiro atoms. The minimum atomic E-state index is -3.58. The highest BCUT2D eigenvalue weighted by Crippen LogP contribution is 2.31. The molecule has 32 heavy (non-hydrogen) atoms. The van der Waals surface area contributed by atoms with E-state index in [2.05, 4.69) is 5.32 Å². The summed E-state index contributed by atoms with van der Waals surface area (Å²) in [6.07, 6.45) is 0.0498. The van der Waals surface area contributed by atoms with Crippen LogP contribution in [0, 0.1) is 5.92 Å². The molecule has 1 fully saturated rings. The molecule has 0 unspecified atom stereocenters. The Morgan fingerprint density at radius 2 is 1.84 bits per heavy atom. The first-order valence-corrected chi connectivity index (χ1v) is 12.1. The molecule has 8 nitrogen and oxygen atoms in total. The van der Waals surface area contributed by atoms with Gasteiger partial charge in [0.15, 0.2) is 0 Å². The van der Waals surface area contributed by atoms with Crippen LogP contribution in [-0.2, 0) is 19.6 Å². The van der Waals surface area contributed by atoms with E-state index < -0.39 is 15.9 Å². The molecule has 2 aromatic rings. The second kappa shape index (κ2) is 9.89. The minimum Gasteiger partial charge on any atom is -0.495 e. The number of hydrogen-bond acceptors (Lipinski definition) is 5. The Hall–Kier alpha value is -2.62. The molecule has 1 N–H and O–H groups in total. The molecule has 172 valence electrons. The zero-order valence-corrected chi connectivity index (χ0v) is 19.7. The third-order valence-corrected chi connectivity index (χ3v) is 7.71. The number of sulfonamides is 1. The van der Waals surface area contributed by atoms with Crippen LogP contribution >= 0.6 is 11.6 Å². The van der Waals surface area contributed by atoms with Crippen LogP contribution < -0.4 is 15.0 Å². The fourth-order valence-electron chi connectivity index (χ4n) is 3.66. The van der Waals surface area contributed by atoms with Gasteiger partial charge in [0.1, 0.15) is 5.75 Å². The fraction of sp³-hybridized carbons (Fsp3) is 0.364. The van der Waals surface area contributed by atoms with Gasteiger partial charge in [-0.15, -0.1) is 0 Å². The molecule has 0 aromatic heterocycles. The molecule has 1 heterocycles. The standard InChI is InChI=1S/C22H26ClN3O5S/c1-4-25(5-2)32(29,30)18-9-7-17(8-10-18)26-14-15(12-21(26)27)22(28)24-19-13-16(23)6-11-20(19)31-3/h6-11,13,15H,4-5,12,14H2,1-3H3,(H,24,28)/t15-/m1/s1. The van der Waals surface area contributed by atoms with Crippen LogP contribution in [0.15, 0.2) is 47.4 Å². The van der Waals surface area contributed by atoms with E-state index in [4.69, 9.17) is 16.3 Å². The normalized spacial score (nSPS) is 16.5. The number of carbonyl (C=O) groups is 2. The van der Waals surface area contributed by atoms with Gasteiger partial charge in [-0.1, -0.05) is 25.4 Å². The highest BCUT2D eigenvalue weighted by Gasteiger charge is 2.35. The number of nitrogens with zero attached hydrogens (tertiary/aromatic N) is 2. The summed E-state index contributed by atoms with van der Waals surface area (Å²) in [5.74, 6) is -0.621. The Morgan fingerprint density at radius 3 is 2.44 bits per heavy atom. The maximum Gasteiger partial charge on any atom is 0.243 e. The lowest BCUT2D eigenvalue weighted by Crippen LogP contribution is -2.31. The van der Waals surface area contributed by atoms with E-state index in [0.29, 0.717) is 35.2 Å². The van der Waals surface area contributed by atoms with Gasteiger partial charge in [0, 0.05) is 36.8 Å². The van der Waals surface area contributed by atoms with Gasteiger partial charge in [-0.3, -0.25) is 9.59 Å². The molecule has 2 amide bonds. The van der Waals surface area contributed by atoms with Crippen LogP contribution in [0.4, 0.5) is 11.4 Å². The highest BCUT2D eigenvalue weighted by molar-refractivity contribution is 7.89. The Balaban J connectivity index is 1.73. The van der Waals surface area contributed by atoms with E-state index >= 15 is 0 Å². The number of halogens is 1. The predicted octanol–water partition coefficient (Wildman–Crippen LogP) is 3.37. The topological polar surface area (TPSA) is 96.0 Å². The van der Waals surface area contributed by atoms with Gasteiger partial charge in [0.05, 0.1) is 23.6 Å². The Kier molecular flexibility index (Phi) is 7.43. The van der Waals surface area contributed by atoms with Crippen molar-refractivity contribution in [3.8, 4) is 5.75 Å². The number of carbonyl (C=O) groups excluding carboxylic acids is 2. The van der Waals surface area contributed by atoms with Gasteiger partial charge in [-0.05, 0) is 42.5 Å². The summed E-state index contributed by atoms with van der Waals surface area (Å²) < 4.78 is 31.9. The predicted molar refractivity (Wildman–Crippen MR) is 124 cm³/mol. The lowest BCUT2D eigenvalue weighted by Gasteiger charge is -2.20. The van der Waals surface area contributed by atoms with Crippen molar-refractivity contribution in [2.75, 3.05) is 37.0 Å². The van der Waals surface area contributed by atoms with Crippen LogP contribution in [0.2, 0.25) is 5.02 Å². The van der Waals surface area contributed by atoms with Crippen molar-refractivity contribution in [2.24, 2.45) is 5.92 Å². The monoisotopic (exact) mass is 479 g/mol. The molecule has 2 aromatic carbocycles. The lowest BCUT2D eigenvalue weighted by molar-refractivity contribution is -0.122. The van der Waals surface area contributed by atoms with E-state index in [0.717, 1.165) is 0 Å². The summed E-state index contributed by atoms with van der Waals surface area (Å²) in [6, 6.07) is 11.0. The molecular weight excluding hydrogens is 454 g/mol. The average Bonchev–Trinajstić information content (AvgIpc) is 3.16. The molecule has 1 saturated heterocycles. The number of hydrogen-bond donors (Lipinski definition) is 1. The van der Waals surface area contributed by atoms with E-state index in [1.165, 1.54) is 28.4 Å². The molecule has 0 bridgehead atoms. The molecule has 1 aliphatic heterocycles. The van der Waals surface area contributed by atoms with Gasteiger partial charge in [0.2, 0.25) is 21.8 Å². The maximum atomic E-state index is 12.8. The Morgan fingerprint density at radius 1 is 1.19 bits per heavy atom. The third-order valence-electron chi connectivity index (χ3n) is 5.41. The molecule has 10 heteroatoms. The second-order valence-electron chi connectivity index (χ2n) is 7.32. The van der Waals surface area contributed by atoms with E-state index in [1.807, 2.05) is 0 Å². The van der Waals surface area contributed by atoms with Crippen molar-refractivity contribution in [3.05, 3.63) is 47.5 Å². The molecule has 0 saturated carbocycles. The van der Waals surface area contributed by atoms with Crippen LogP contribution in [0.5, 0.6) is 5.75 Å². The number of nitrogens with one attached hydrogen (secondary N) is 1. The summed E-state index contributed by atoms with van der Waals surface area (Å²) in [5, 5.41) is 3.23. The molecule has 3 rings (SSSR count). The minimum absolute atomic E-state index is 0.0498. The van der Waals surface area contributed by atoms with Crippen molar-refractivity contribution < 1.29 is 22.7 Å².